The molecule has 0 saturated carbocycles. The highest BCUT2D eigenvalue weighted by Gasteiger charge is 2.26. The zero-order valence-electron chi connectivity index (χ0n) is 11.4. The Hall–Kier alpha value is -1.26. The van der Waals surface area contributed by atoms with Crippen LogP contribution in [-0.2, 0) is 4.74 Å². The smallest absolute Gasteiger partial charge is 0.322 e. The Morgan fingerprint density at radius 2 is 2.00 bits per heavy atom. The van der Waals surface area contributed by atoms with E-state index in [9.17, 15) is 4.79 Å². The molecule has 1 fully saturated rings. The molecule has 2 atom stereocenters. The summed E-state index contributed by atoms with van der Waals surface area (Å²) < 4.78 is 5.62. The number of rotatable bonds is 1. The predicted molar refractivity (Wildman–Crippen MR) is 76.8 cm³/mol. The predicted octanol–water partition coefficient (Wildman–Crippen LogP) is 3.29. The maximum atomic E-state index is 12.3. The molecular weight excluding hydrogens is 264 g/mol. The first kappa shape index (κ1) is 14.2. The molecule has 2 rings (SSSR count). The molecule has 1 aromatic carbocycles. The minimum absolute atomic E-state index is 0.0573. The van der Waals surface area contributed by atoms with Crippen molar-refractivity contribution >= 4 is 23.3 Å². The summed E-state index contributed by atoms with van der Waals surface area (Å²) in [6.07, 6.45) is 0.115. The highest BCUT2D eigenvalue weighted by Crippen LogP contribution is 2.25. The SMILES string of the molecule is Cc1cccc(Cl)c1NC(=O)N1C[C@@H](C)O[C@@H](C)C1. The number of anilines is 1. The van der Waals surface area contributed by atoms with Crippen molar-refractivity contribution in [3.8, 4) is 0 Å². The van der Waals surface area contributed by atoms with Crippen molar-refractivity contribution in [2.24, 2.45) is 0 Å². The number of carbonyl (C=O) groups is 1. The third kappa shape index (κ3) is 3.39. The Labute approximate surface area is 118 Å². The summed E-state index contributed by atoms with van der Waals surface area (Å²) in [5.74, 6) is 0. The average Bonchev–Trinajstić information content (AvgIpc) is 2.32. The largest absolute Gasteiger partial charge is 0.372 e. The van der Waals surface area contributed by atoms with Crippen molar-refractivity contribution in [1.82, 2.24) is 4.90 Å². The Balaban J connectivity index is 2.08. The minimum atomic E-state index is -0.127. The lowest BCUT2D eigenvalue weighted by atomic mass is 10.2. The van der Waals surface area contributed by atoms with Gasteiger partial charge in [-0.05, 0) is 32.4 Å². The molecule has 4 nitrogen and oxygen atoms in total. The Kier molecular flexibility index (Phi) is 4.32. The van der Waals surface area contributed by atoms with E-state index < -0.39 is 0 Å². The van der Waals surface area contributed by atoms with Crippen LogP contribution in [0.3, 0.4) is 0 Å². The number of amides is 2. The van der Waals surface area contributed by atoms with Gasteiger partial charge in [-0.2, -0.15) is 0 Å². The average molecular weight is 283 g/mol. The maximum absolute atomic E-state index is 12.3. The van der Waals surface area contributed by atoms with E-state index in [2.05, 4.69) is 5.32 Å². The molecule has 1 aliphatic rings. The molecule has 0 aromatic heterocycles. The number of ether oxygens (including phenoxy) is 1. The molecule has 5 heteroatoms. The number of hydrogen-bond donors (Lipinski definition) is 1. The Bertz CT molecular complexity index is 448. The van der Waals surface area contributed by atoms with Crippen LogP contribution in [-0.4, -0.2) is 36.2 Å². The van der Waals surface area contributed by atoms with Crippen molar-refractivity contribution < 1.29 is 9.53 Å². The second-order valence-corrected chi connectivity index (χ2v) is 5.43. The molecule has 19 heavy (non-hydrogen) atoms. The number of para-hydroxylation sites is 1. The molecule has 1 saturated heterocycles. The van der Waals surface area contributed by atoms with Crippen LogP contribution >= 0.6 is 11.6 Å². The zero-order valence-corrected chi connectivity index (χ0v) is 12.2. The van der Waals surface area contributed by atoms with Crippen molar-refractivity contribution in [3.63, 3.8) is 0 Å². The highest BCUT2D eigenvalue weighted by atomic mass is 35.5. The number of nitrogens with one attached hydrogen (secondary N) is 1. The third-order valence-electron chi connectivity index (χ3n) is 3.16. The van der Waals surface area contributed by atoms with Gasteiger partial charge in [-0.1, -0.05) is 23.7 Å². The summed E-state index contributed by atoms with van der Waals surface area (Å²) in [6, 6.07) is 5.44. The van der Waals surface area contributed by atoms with E-state index in [4.69, 9.17) is 16.3 Å². The molecule has 0 radical (unpaired) electrons. The summed E-state index contributed by atoms with van der Waals surface area (Å²) >= 11 is 6.11. The normalized spacial score (nSPS) is 23.3. The van der Waals surface area contributed by atoms with E-state index in [1.807, 2.05) is 32.9 Å². The number of carbonyl (C=O) groups excluding carboxylic acids is 1. The fourth-order valence-corrected chi connectivity index (χ4v) is 2.59. The van der Waals surface area contributed by atoms with Gasteiger partial charge in [0.2, 0.25) is 0 Å². The lowest BCUT2D eigenvalue weighted by Crippen LogP contribution is -2.49. The van der Waals surface area contributed by atoms with E-state index in [0.29, 0.717) is 23.8 Å². The monoisotopic (exact) mass is 282 g/mol. The van der Waals surface area contributed by atoms with Crippen molar-refractivity contribution in [3.05, 3.63) is 28.8 Å². The standard InChI is InChI=1S/C14H19ClN2O2/c1-9-5-4-6-12(15)13(9)16-14(18)17-7-10(2)19-11(3)8-17/h4-6,10-11H,7-8H2,1-3H3,(H,16,18)/t10-,11+. The molecule has 1 aromatic rings. The number of aryl methyl sites for hydroxylation is 1. The molecule has 104 valence electrons. The van der Waals surface area contributed by atoms with Crippen molar-refractivity contribution in [1.29, 1.82) is 0 Å². The van der Waals surface area contributed by atoms with Gasteiger partial charge in [0.15, 0.2) is 0 Å². The van der Waals surface area contributed by atoms with Crippen LogP contribution < -0.4 is 5.32 Å². The number of hydrogen-bond acceptors (Lipinski definition) is 2. The van der Waals surface area contributed by atoms with Gasteiger partial charge in [0.25, 0.3) is 0 Å². The van der Waals surface area contributed by atoms with Crippen LogP contribution in [0, 0.1) is 6.92 Å². The van der Waals surface area contributed by atoms with Crippen molar-refractivity contribution in [2.45, 2.75) is 33.0 Å². The molecule has 1 heterocycles. The van der Waals surface area contributed by atoms with Gasteiger partial charge in [0.1, 0.15) is 0 Å². The second-order valence-electron chi connectivity index (χ2n) is 5.02. The van der Waals surface area contributed by atoms with Gasteiger partial charge in [-0.25, -0.2) is 4.79 Å². The van der Waals surface area contributed by atoms with Crippen LogP contribution in [0.1, 0.15) is 19.4 Å². The second kappa shape index (κ2) is 5.80. The van der Waals surface area contributed by atoms with E-state index in [-0.39, 0.29) is 18.2 Å². The van der Waals surface area contributed by atoms with Crippen LogP contribution in [0.5, 0.6) is 0 Å². The lowest BCUT2D eigenvalue weighted by molar-refractivity contribution is -0.0530. The fraction of sp³-hybridized carbons (Fsp3) is 0.500. The fourth-order valence-electron chi connectivity index (χ4n) is 2.32. The van der Waals surface area contributed by atoms with Crippen LogP contribution in [0.4, 0.5) is 10.5 Å². The molecule has 0 spiro atoms. The molecule has 0 bridgehead atoms. The number of halogens is 1. The number of benzene rings is 1. The lowest BCUT2D eigenvalue weighted by Gasteiger charge is -2.35. The first-order valence-corrected chi connectivity index (χ1v) is 6.81. The van der Waals surface area contributed by atoms with Crippen molar-refractivity contribution in [2.75, 3.05) is 18.4 Å². The van der Waals surface area contributed by atoms with Gasteiger partial charge in [-0.15, -0.1) is 0 Å². The van der Waals surface area contributed by atoms with Crippen LogP contribution in [0.15, 0.2) is 18.2 Å². The maximum Gasteiger partial charge on any atom is 0.322 e. The molecule has 1 aliphatic heterocycles. The molecule has 1 N–H and O–H groups in total. The number of morpholine rings is 1. The Morgan fingerprint density at radius 1 is 1.37 bits per heavy atom. The van der Waals surface area contributed by atoms with E-state index in [0.717, 1.165) is 5.56 Å². The summed E-state index contributed by atoms with van der Waals surface area (Å²) in [7, 11) is 0. The first-order valence-electron chi connectivity index (χ1n) is 6.44. The molecule has 2 amide bonds. The third-order valence-corrected chi connectivity index (χ3v) is 3.48. The van der Waals surface area contributed by atoms with Gasteiger partial charge in [0, 0.05) is 13.1 Å². The minimum Gasteiger partial charge on any atom is -0.372 e. The quantitative estimate of drug-likeness (QED) is 0.859. The van der Waals surface area contributed by atoms with Gasteiger partial charge < -0.3 is 15.0 Å². The topological polar surface area (TPSA) is 41.6 Å². The van der Waals surface area contributed by atoms with Gasteiger partial charge in [-0.3, -0.25) is 0 Å². The number of urea groups is 1. The molecular formula is C14H19ClN2O2. The number of nitrogens with zero attached hydrogens (tertiary/aromatic N) is 1. The van der Waals surface area contributed by atoms with E-state index >= 15 is 0 Å². The molecule has 0 unspecified atom stereocenters. The summed E-state index contributed by atoms with van der Waals surface area (Å²) in [4.78, 5) is 14.0. The summed E-state index contributed by atoms with van der Waals surface area (Å²) in [5.41, 5.74) is 1.64. The Morgan fingerprint density at radius 3 is 2.58 bits per heavy atom. The zero-order chi connectivity index (χ0) is 14.0. The van der Waals surface area contributed by atoms with E-state index in [1.165, 1.54) is 0 Å². The summed E-state index contributed by atoms with van der Waals surface area (Å²) in [5, 5.41) is 3.45. The van der Waals surface area contributed by atoms with Gasteiger partial charge in [0.05, 0.1) is 22.9 Å². The van der Waals surface area contributed by atoms with Crippen LogP contribution in [0.2, 0.25) is 5.02 Å². The molecule has 0 aliphatic carbocycles. The first-order chi connectivity index (χ1) is 8.97. The van der Waals surface area contributed by atoms with Gasteiger partial charge >= 0.3 is 6.03 Å². The highest BCUT2D eigenvalue weighted by molar-refractivity contribution is 6.33. The van der Waals surface area contributed by atoms with Crippen LogP contribution in [0.25, 0.3) is 0 Å². The van der Waals surface area contributed by atoms with E-state index in [1.54, 1.807) is 11.0 Å². The summed E-state index contributed by atoms with van der Waals surface area (Å²) in [6.45, 7) is 7.05.